The summed E-state index contributed by atoms with van der Waals surface area (Å²) >= 11 is 0. The summed E-state index contributed by atoms with van der Waals surface area (Å²) in [6.45, 7) is 0. The quantitative estimate of drug-likeness (QED) is 0.838. The monoisotopic (exact) mass is 232 g/mol. The molecular formula is C14H16O3. The number of fused-ring (bicyclic) bond motifs is 1. The highest BCUT2D eigenvalue weighted by atomic mass is 16.4. The zero-order chi connectivity index (χ0) is 12.0. The number of carboxylic acid groups (broad SMARTS) is 1. The molecule has 0 heterocycles. The normalized spacial score (nSPS) is 21.9. The molecule has 1 atom stereocenters. The molecule has 2 aliphatic carbocycles. The van der Waals surface area contributed by atoms with Crippen LogP contribution in [0.3, 0.4) is 0 Å². The lowest BCUT2D eigenvalue weighted by Crippen LogP contribution is -2.23. The summed E-state index contributed by atoms with van der Waals surface area (Å²) in [5.41, 5.74) is 2.49. The van der Waals surface area contributed by atoms with Gasteiger partial charge in [-0.3, -0.25) is 4.79 Å². The zero-order valence-electron chi connectivity index (χ0n) is 9.65. The summed E-state index contributed by atoms with van der Waals surface area (Å²) < 4.78 is 0. The highest BCUT2D eigenvalue weighted by Crippen LogP contribution is 2.55. The Labute approximate surface area is 100 Å². The Balaban J connectivity index is 1.92. The molecule has 1 aromatic carbocycles. The van der Waals surface area contributed by atoms with Gasteiger partial charge in [0.2, 0.25) is 0 Å². The average molecular weight is 232 g/mol. The van der Waals surface area contributed by atoms with Crippen molar-refractivity contribution in [1.82, 2.24) is 0 Å². The summed E-state index contributed by atoms with van der Waals surface area (Å²) in [5, 5.41) is 19.4. The van der Waals surface area contributed by atoms with Crippen LogP contribution in [-0.2, 0) is 17.6 Å². The van der Waals surface area contributed by atoms with Crippen molar-refractivity contribution in [1.29, 1.82) is 0 Å². The van der Waals surface area contributed by atoms with Crippen molar-refractivity contribution in [3.8, 4) is 0 Å². The van der Waals surface area contributed by atoms with Crippen molar-refractivity contribution in [3.63, 3.8) is 0 Å². The van der Waals surface area contributed by atoms with Gasteiger partial charge < -0.3 is 10.2 Å². The highest BCUT2D eigenvalue weighted by Gasteiger charge is 2.56. The molecule has 2 aliphatic rings. The number of aliphatic hydroxyl groups excluding tert-OH is 1. The zero-order valence-corrected chi connectivity index (χ0v) is 9.65. The first-order chi connectivity index (χ1) is 8.13. The maximum atomic E-state index is 11.2. The molecule has 0 saturated heterocycles. The first-order valence-corrected chi connectivity index (χ1v) is 6.17. The van der Waals surface area contributed by atoms with E-state index in [0.29, 0.717) is 12.8 Å². The standard InChI is InChI=1S/C14H16O3/c15-12(14(6-7-14)13(16)17)11-5-4-9-2-1-3-10(9)8-11/h4-5,8,12,15H,1-3,6-7H2,(H,16,17). The van der Waals surface area contributed by atoms with Crippen LogP contribution in [-0.4, -0.2) is 16.2 Å². The Hall–Kier alpha value is -1.35. The minimum atomic E-state index is -0.910. The van der Waals surface area contributed by atoms with Crippen LogP contribution in [0.2, 0.25) is 0 Å². The smallest absolute Gasteiger partial charge is 0.312 e. The van der Waals surface area contributed by atoms with Gasteiger partial charge in [0.05, 0.1) is 11.5 Å². The second kappa shape index (κ2) is 3.57. The van der Waals surface area contributed by atoms with E-state index in [2.05, 4.69) is 0 Å². The number of rotatable bonds is 3. The van der Waals surface area contributed by atoms with Gasteiger partial charge in [0.25, 0.3) is 0 Å². The Kier molecular flexibility index (Phi) is 2.26. The summed E-state index contributed by atoms with van der Waals surface area (Å²) in [4.78, 5) is 11.2. The van der Waals surface area contributed by atoms with Gasteiger partial charge in [-0.05, 0) is 48.8 Å². The summed E-state index contributed by atoms with van der Waals surface area (Å²) in [7, 11) is 0. The molecule has 2 N–H and O–H groups in total. The molecule has 0 radical (unpaired) electrons. The van der Waals surface area contributed by atoms with Crippen LogP contribution in [0, 0.1) is 5.41 Å². The molecule has 17 heavy (non-hydrogen) atoms. The number of carboxylic acids is 1. The van der Waals surface area contributed by atoms with Crippen LogP contribution in [0.4, 0.5) is 0 Å². The van der Waals surface area contributed by atoms with E-state index in [-0.39, 0.29) is 0 Å². The molecule has 3 heteroatoms. The van der Waals surface area contributed by atoms with Crippen molar-refractivity contribution in [3.05, 3.63) is 34.9 Å². The maximum absolute atomic E-state index is 11.2. The fraction of sp³-hybridized carbons (Fsp3) is 0.500. The Bertz CT molecular complexity index is 474. The topological polar surface area (TPSA) is 57.5 Å². The van der Waals surface area contributed by atoms with E-state index in [1.165, 1.54) is 17.5 Å². The van der Waals surface area contributed by atoms with Gasteiger partial charge in [-0.25, -0.2) is 0 Å². The number of aliphatic hydroxyl groups is 1. The molecule has 0 amide bonds. The number of hydrogen-bond acceptors (Lipinski definition) is 2. The summed E-state index contributed by atoms with van der Waals surface area (Å²) in [6, 6.07) is 5.92. The van der Waals surface area contributed by atoms with E-state index >= 15 is 0 Å². The molecule has 90 valence electrons. The molecule has 3 rings (SSSR count). The van der Waals surface area contributed by atoms with Gasteiger partial charge >= 0.3 is 5.97 Å². The van der Waals surface area contributed by atoms with Crippen LogP contribution in [0.1, 0.15) is 42.1 Å². The minimum absolute atomic E-state index is 0.584. The molecule has 0 bridgehead atoms. The molecule has 0 aromatic heterocycles. The molecule has 0 aliphatic heterocycles. The Morgan fingerprint density at radius 3 is 2.59 bits per heavy atom. The molecule has 1 saturated carbocycles. The average Bonchev–Trinajstić information content (AvgIpc) is 3.00. The van der Waals surface area contributed by atoms with Crippen LogP contribution in [0.25, 0.3) is 0 Å². The van der Waals surface area contributed by atoms with Crippen molar-refractivity contribution < 1.29 is 15.0 Å². The van der Waals surface area contributed by atoms with Crippen LogP contribution < -0.4 is 0 Å². The number of aliphatic carboxylic acids is 1. The number of hydrogen-bond donors (Lipinski definition) is 2. The van der Waals surface area contributed by atoms with Crippen LogP contribution in [0.5, 0.6) is 0 Å². The lowest BCUT2D eigenvalue weighted by atomic mass is 9.91. The lowest BCUT2D eigenvalue weighted by Gasteiger charge is -2.19. The second-order valence-electron chi connectivity index (χ2n) is 5.25. The van der Waals surface area contributed by atoms with Gasteiger partial charge in [0.15, 0.2) is 0 Å². The van der Waals surface area contributed by atoms with Crippen molar-refractivity contribution in [2.24, 2.45) is 5.41 Å². The predicted molar refractivity (Wildman–Crippen MR) is 62.7 cm³/mol. The fourth-order valence-electron chi connectivity index (χ4n) is 2.82. The minimum Gasteiger partial charge on any atom is -0.481 e. The van der Waals surface area contributed by atoms with Crippen molar-refractivity contribution in [2.75, 3.05) is 0 Å². The second-order valence-corrected chi connectivity index (χ2v) is 5.25. The lowest BCUT2D eigenvalue weighted by molar-refractivity contribution is -0.148. The molecule has 0 spiro atoms. The SMILES string of the molecule is O=C(O)C1(C(O)c2ccc3c(c2)CCC3)CC1. The van der Waals surface area contributed by atoms with E-state index in [1.54, 1.807) is 0 Å². The molecule has 1 aromatic rings. The molecular weight excluding hydrogens is 216 g/mol. The highest BCUT2D eigenvalue weighted by molar-refractivity contribution is 5.79. The van der Waals surface area contributed by atoms with Crippen molar-refractivity contribution >= 4 is 5.97 Å². The van der Waals surface area contributed by atoms with Gasteiger partial charge in [-0.15, -0.1) is 0 Å². The van der Waals surface area contributed by atoms with E-state index < -0.39 is 17.5 Å². The number of benzene rings is 1. The van der Waals surface area contributed by atoms with Crippen molar-refractivity contribution in [2.45, 2.75) is 38.2 Å². The van der Waals surface area contributed by atoms with Gasteiger partial charge in [-0.2, -0.15) is 0 Å². The Morgan fingerprint density at radius 1 is 1.24 bits per heavy atom. The number of carbonyl (C=O) groups is 1. The van der Waals surface area contributed by atoms with Gasteiger partial charge in [0, 0.05) is 0 Å². The largest absolute Gasteiger partial charge is 0.481 e. The van der Waals surface area contributed by atoms with Gasteiger partial charge in [-0.1, -0.05) is 18.2 Å². The van der Waals surface area contributed by atoms with E-state index in [0.717, 1.165) is 18.4 Å². The first-order valence-electron chi connectivity index (χ1n) is 6.17. The predicted octanol–water partition coefficient (Wildman–Crippen LogP) is 2.07. The maximum Gasteiger partial charge on any atom is 0.312 e. The third-order valence-corrected chi connectivity index (χ3v) is 4.18. The third-order valence-electron chi connectivity index (χ3n) is 4.18. The molecule has 3 nitrogen and oxygen atoms in total. The van der Waals surface area contributed by atoms with E-state index in [4.69, 9.17) is 5.11 Å². The van der Waals surface area contributed by atoms with E-state index in [1.807, 2.05) is 18.2 Å². The molecule has 1 fully saturated rings. The summed E-state index contributed by atoms with van der Waals surface area (Å²) in [6.07, 6.45) is 3.64. The van der Waals surface area contributed by atoms with Crippen LogP contribution >= 0.6 is 0 Å². The third kappa shape index (κ3) is 1.57. The molecule has 1 unspecified atom stereocenters. The van der Waals surface area contributed by atoms with E-state index in [9.17, 15) is 9.90 Å². The van der Waals surface area contributed by atoms with Crippen LogP contribution in [0.15, 0.2) is 18.2 Å². The van der Waals surface area contributed by atoms with Gasteiger partial charge in [0.1, 0.15) is 0 Å². The Morgan fingerprint density at radius 2 is 1.94 bits per heavy atom. The fourth-order valence-corrected chi connectivity index (χ4v) is 2.82. The number of aryl methyl sites for hydroxylation is 2. The summed E-state index contributed by atoms with van der Waals surface area (Å²) in [5.74, 6) is -0.870. The first kappa shape index (κ1) is 10.8.